The maximum absolute atomic E-state index is 12.3. The van der Waals surface area contributed by atoms with Gasteiger partial charge in [-0.15, -0.1) is 11.3 Å². The monoisotopic (exact) mass is 380 g/mol. The van der Waals surface area contributed by atoms with Gasteiger partial charge in [-0.3, -0.25) is 4.98 Å². The first-order chi connectivity index (χ1) is 8.91. The maximum Gasteiger partial charge on any atom is 0.252 e. The third-order valence-electron chi connectivity index (χ3n) is 2.40. The number of hydrogen-bond donors (Lipinski definition) is 0. The highest BCUT2D eigenvalue weighted by Crippen LogP contribution is 2.35. The molecule has 0 aliphatic heterocycles. The van der Waals surface area contributed by atoms with Crippen molar-refractivity contribution in [3.05, 3.63) is 45.0 Å². The van der Waals surface area contributed by atoms with Crippen LogP contribution in [0.3, 0.4) is 0 Å². The van der Waals surface area contributed by atoms with Crippen LogP contribution in [-0.2, 0) is 16.6 Å². The number of aromatic nitrogens is 1. The van der Waals surface area contributed by atoms with E-state index >= 15 is 0 Å². The van der Waals surface area contributed by atoms with Crippen molar-refractivity contribution in [1.29, 1.82) is 0 Å². The Hall–Kier alpha value is -0.470. The molecule has 2 heterocycles. The lowest BCUT2D eigenvalue weighted by molar-refractivity contribution is 0.464. The molecule has 0 aliphatic carbocycles. The number of pyridine rings is 1. The predicted molar refractivity (Wildman–Crippen MR) is 79.9 cm³/mol. The summed E-state index contributed by atoms with van der Waals surface area (Å²) in [6.07, 6.45) is 1.63. The Bertz CT molecular complexity index is 654. The van der Waals surface area contributed by atoms with Crippen molar-refractivity contribution in [3.63, 3.8) is 0 Å². The molecule has 2 aromatic heterocycles. The van der Waals surface area contributed by atoms with Gasteiger partial charge >= 0.3 is 0 Å². The first kappa shape index (κ1) is 14.9. The van der Waals surface area contributed by atoms with Gasteiger partial charge in [0.05, 0.1) is 21.0 Å². The summed E-state index contributed by atoms with van der Waals surface area (Å²) in [4.78, 5) is 4.11. The minimum atomic E-state index is -3.54. The van der Waals surface area contributed by atoms with Gasteiger partial charge in [-0.1, -0.05) is 17.7 Å². The normalized spacial score (nSPS) is 12.0. The zero-order chi connectivity index (χ0) is 14.0. The molecule has 0 atom stereocenters. The summed E-state index contributed by atoms with van der Waals surface area (Å²) in [7, 11) is -2.02. The molecule has 8 heteroatoms. The van der Waals surface area contributed by atoms with Gasteiger partial charge < -0.3 is 0 Å². The van der Waals surface area contributed by atoms with Crippen molar-refractivity contribution < 1.29 is 8.42 Å². The van der Waals surface area contributed by atoms with Gasteiger partial charge in [-0.05, 0) is 34.1 Å². The highest BCUT2D eigenvalue weighted by molar-refractivity contribution is 9.11. The molecule has 0 aromatic carbocycles. The molecule has 0 radical (unpaired) electrons. The standard InChI is InChI=1S/C11H10BrClN2O2S2/c1-15(7-8-4-2-3-5-14-8)19(16,17)10-6-9(13)11(12)18-10/h2-6H,7H2,1H3. The van der Waals surface area contributed by atoms with Crippen molar-refractivity contribution >= 4 is 48.9 Å². The highest BCUT2D eigenvalue weighted by Gasteiger charge is 2.24. The average Bonchev–Trinajstić information content (AvgIpc) is 2.71. The molecule has 0 saturated heterocycles. The highest BCUT2D eigenvalue weighted by atomic mass is 79.9. The van der Waals surface area contributed by atoms with Gasteiger partial charge in [-0.25, -0.2) is 8.42 Å². The van der Waals surface area contributed by atoms with Crippen LogP contribution >= 0.6 is 38.9 Å². The fraction of sp³-hybridized carbons (Fsp3) is 0.182. The van der Waals surface area contributed by atoms with Gasteiger partial charge in [0.2, 0.25) is 0 Å². The van der Waals surface area contributed by atoms with Gasteiger partial charge in [0, 0.05) is 13.2 Å². The van der Waals surface area contributed by atoms with E-state index in [0.29, 0.717) is 14.5 Å². The molecule has 2 aromatic rings. The lowest BCUT2D eigenvalue weighted by Crippen LogP contribution is -2.26. The summed E-state index contributed by atoms with van der Waals surface area (Å²) in [5.74, 6) is 0. The lowest BCUT2D eigenvalue weighted by atomic mass is 10.3. The van der Waals surface area contributed by atoms with Crippen LogP contribution in [0, 0.1) is 0 Å². The summed E-state index contributed by atoms with van der Waals surface area (Å²) in [6, 6.07) is 6.83. The van der Waals surface area contributed by atoms with Gasteiger partial charge in [0.25, 0.3) is 10.0 Å². The Morgan fingerprint density at radius 2 is 2.21 bits per heavy atom. The number of hydrogen-bond acceptors (Lipinski definition) is 4. The Balaban J connectivity index is 2.25. The maximum atomic E-state index is 12.3. The number of nitrogens with zero attached hydrogens (tertiary/aromatic N) is 2. The molecular weight excluding hydrogens is 372 g/mol. The first-order valence-electron chi connectivity index (χ1n) is 5.22. The first-order valence-corrected chi connectivity index (χ1v) is 8.65. The number of thiophene rings is 1. The van der Waals surface area contributed by atoms with Crippen LogP contribution in [0.25, 0.3) is 0 Å². The Kier molecular flexibility index (Phi) is 4.62. The largest absolute Gasteiger partial charge is 0.260 e. The van der Waals surface area contributed by atoms with Crippen molar-refractivity contribution in [2.45, 2.75) is 10.8 Å². The average molecular weight is 382 g/mol. The van der Waals surface area contributed by atoms with Crippen LogP contribution < -0.4 is 0 Å². The number of rotatable bonds is 4. The van der Waals surface area contributed by atoms with Crippen molar-refractivity contribution in [2.75, 3.05) is 7.05 Å². The summed E-state index contributed by atoms with van der Waals surface area (Å²) in [5, 5.41) is 0.398. The van der Waals surface area contributed by atoms with E-state index in [1.807, 2.05) is 6.07 Å². The molecule has 2 rings (SSSR count). The molecule has 0 aliphatic rings. The predicted octanol–water partition coefficient (Wildman–Crippen LogP) is 3.38. The van der Waals surface area contributed by atoms with E-state index in [2.05, 4.69) is 20.9 Å². The minimum absolute atomic E-state index is 0.211. The van der Waals surface area contributed by atoms with Crippen molar-refractivity contribution in [2.24, 2.45) is 0 Å². The Morgan fingerprint density at radius 3 is 2.74 bits per heavy atom. The Labute approximate surface area is 129 Å². The molecular formula is C11H10BrClN2O2S2. The van der Waals surface area contributed by atoms with E-state index in [1.54, 1.807) is 18.3 Å². The number of sulfonamides is 1. The van der Waals surface area contributed by atoms with Crippen LogP contribution in [0.15, 0.2) is 38.5 Å². The topological polar surface area (TPSA) is 50.3 Å². The fourth-order valence-corrected chi connectivity index (χ4v) is 5.16. The SMILES string of the molecule is CN(Cc1ccccn1)S(=O)(=O)c1cc(Cl)c(Br)s1. The van der Waals surface area contributed by atoms with E-state index in [1.165, 1.54) is 17.4 Å². The summed E-state index contributed by atoms with van der Waals surface area (Å²) in [5.41, 5.74) is 0.690. The van der Waals surface area contributed by atoms with Crippen LogP contribution in [0.1, 0.15) is 5.69 Å². The molecule has 0 saturated carbocycles. The quantitative estimate of drug-likeness (QED) is 0.816. The molecule has 0 bridgehead atoms. The van der Waals surface area contributed by atoms with Gasteiger partial charge in [0.1, 0.15) is 4.21 Å². The van der Waals surface area contributed by atoms with Crippen molar-refractivity contribution in [1.82, 2.24) is 9.29 Å². The molecule has 0 unspecified atom stereocenters. The summed E-state index contributed by atoms with van der Waals surface area (Å²) >= 11 is 10.2. The molecule has 102 valence electrons. The van der Waals surface area contributed by atoms with Gasteiger partial charge in [0.15, 0.2) is 0 Å². The number of halogens is 2. The zero-order valence-corrected chi connectivity index (χ0v) is 13.9. The van der Waals surface area contributed by atoms with E-state index in [0.717, 1.165) is 11.3 Å². The molecule has 0 spiro atoms. The smallest absolute Gasteiger partial charge is 0.252 e. The lowest BCUT2D eigenvalue weighted by Gasteiger charge is -2.15. The van der Waals surface area contributed by atoms with Crippen LogP contribution in [-0.4, -0.2) is 24.8 Å². The van der Waals surface area contributed by atoms with Crippen LogP contribution in [0.4, 0.5) is 0 Å². The van der Waals surface area contributed by atoms with Crippen molar-refractivity contribution in [3.8, 4) is 0 Å². The molecule has 0 fully saturated rings. The molecule has 4 nitrogen and oxygen atoms in total. The van der Waals surface area contributed by atoms with E-state index in [-0.39, 0.29) is 10.8 Å². The third-order valence-corrected chi connectivity index (χ3v) is 7.13. The second kappa shape index (κ2) is 5.88. The third kappa shape index (κ3) is 3.35. The van der Waals surface area contributed by atoms with Crippen LogP contribution in [0.2, 0.25) is 5.02 Å². The second-order valence-corrected chi connectivity index (χ2v) is 8.82. The summed E-state index contributed by atoms with van der Waals surface area (Å²) in [6.45, 7) is 0.219. The van der Waals surface area contributed by atoms with E-state index in [4.69, 9.17) is 11.6 Å². The van der Waals surface area contributed by atoms with Gasteiger partial charge in [-0.2, -0.15) is 4.31 Å². The van der Waals surface area contributed by atoms with E-state index < -0.39 is 10.0 Å². The Morgan fingerprint density at radius 1 is 1.47 bits per heavy atom. The molecule has 0 N–H and O–H groups in total. The molecule has 0 amide bonds. The molecule has 19 heavy (non-hydrogen) atoms. The summed E-state index contributed by atoms with van der Waals surface area (Å²) < 4.78 is 26.7. The zero-order valence-electron chi connectivity index (χ0n) is 9.88. The fourth-order valence-electron chi connectivity index (χ4n) is 1.41. The van der Waals surface area contributed by atoms with E-state index in [9.17, 15) is 8.42 Å². The van der Waals surface area contributed by atoms with Crippen LogP contribution in [0.5, 0.6) is 0 Å². The second-order valence-electron chi connectivity index (χ2n) is 3.77. The minimum Gasteiger partial charge on any atom is -0.260 e.